The highest BCUT2D eigenvalue weighted by Gasteiger charge is 2.18. The molecular weight excluding hydrogens is 198 g/mol. The van der Waals surface area contributed by atoms with Crippen molar-refractivity contribution >= 4 is 12.1 Å². The minimum atomic E-state index is -1.14. The van der Waals surface area contributed by atoms with Crippen LogP contribution in [0.25, 0.3) is 0 Å². The van der Waals surface area contributed by atoms with Gasteiger partial charge in [-0.15, -0.1) is 5.73 Å². The van der Waals surface area contributed by atoms with Crippen LogP contribution in [0, 0.1) is 0 Å². The van der Waals surface area contributed by atoms with Gasteiger partial charge in [0.1, 0.15) is 12.6 Å². The number of carboxylic acids is 1. The van der Waals surface area contributed by atoms with Crippen molar-refractivity contribution in [2.75, 3.05) is 6.61 Å². The van der Waals surface area contributed by atoms with Gasteiger partial charge in [-0.3, -0.25) is 0 Å². The largest absolute Gasteiger partial charge is 0.480 e. The van der Waals surface area contributed by atoms with Gasteiger partial charge in [-0.2, -0.15) is 0 Å². The van der Waals surface area contributed by atoms with Gasteiger partial charge in [0.25, 0.3) is 0 Å². The number of carbonyl (C=O) groups excluding carboxylic acids is 1. The van der Waals surface area contributed by atoms with E-state index in [-0.39, 0.29) is 13.0 Å². The second kappa shape index (κ2) is 7.41. The van der Waals surface area contributed by atoms with E-state index >= 15 is 0 Å². The molecule has 0 fully saturated rings. The van der Waals surface area contributed by atoms with Crippen LogP contribution in [0.2, 0.25) is 0 Å². The molecule has 0 bridgehead atoms. The van der Waals surface area contributed by atoms with Crippen LogP contribution in [0.5, 0.6) is 0 Å². The average Bonchev–Trinajstić information content (AvgIpc) is 2.20. The second-order valence-corrected chi connectivity index (χ2v) is 2.57. The summed E-state index contributed by atoms with van der Waals surface area (Å²) in [4.78, 5) is 21.6. The van der Waals surface area contributed by atoms with E-state index in [0.29, 0.717) is 0 Å². The predicted molar refractivity (Wildman–Crippen MR) is 54.4 cm³/mol. The van der Waals surface area contributed by atoms with Crippen LogP contribution in [0.15, 0.2) is 31.0 Å². The fourth-order valence-electron chi connectivity index (χ4n) is 0.741. The first-order chi connectivity index (χ1) is 7.11. The topological polar surface area (TPSA) is 75.6 Å². The van der Waals surface area contributed by atoms with E-state index in [2.05, 4.69) is 28.9 Å². The number of ether oxygens (including phenoxy) is 1. The molecule has 5 heteroatoms. The third-order valence-electron chi connectivity index (χ3n) is 1.42. The third kappa shape index (κ3) is 6.12. The van der Waals surface area contributed by atoms with Crippen molar-refractivity contribution in [1.29, 1.82) is 0 Å². The molecule has 0 saturated carbocycles. The molecule has 0 spiro atoms. The van der Waals surface area contributed by atoms with E-state index in [1.165, 1.54) is 12.2 Å². The standard InChI is InChI=1S/C10H13NO4/c1-3-5-6-8(9(12)13)11-10(14)15-7-4-2/h4-5,8H,1-2,6-7H2,(H,11,14)(H,12,13). The number of alkyl carbamates (subject to hydrolysis) is 1. The minimum absolute atomic E-state index is 0.0372. The highest BCUT2D eigenvalue weighted by atomic mass is 16.5. The van der Waals surface area contributed by atoms with Crippen molar-refractivity contribution in [3.63, 3.8) is 0 Å². The molecule has 0 rings (SSSR count). The van der Waals surface area contributed by atoms with E-state index in [9.17, 15) is 9.59 Å². The molecule has 1 amide bonds. The van der Waals surface area contributed by atoms with Gasteiger partial charge in [-0.1, -0.05) is 19.2 Å². The number of aliphatic carboxylic acids is 1. The van der Waals surface area contributed by atoms with E-state index in [4.69, 9.17) is 5.11 Å². The smallest absolute Gasteiger partial charge is 0.408 e. The van der Waals surface area contributed by atoms with Crippen molar-refractivity contribution in [2.45, 2.75) is 12.5 Å². The molecule has 0 saturated heterocycles. The molecule has 0 aromatic rings. The maximum absolute atomic E-state index is 11.0. The Morgan fingerprint density at radius 3 is 2.73 bits per heavy atom. The Labute approximate surface area is 87.7 Å². The minimum Gasteiger partial charge on any atom is -0.480 e. The number of amides is 1. The average molecular weight is 211 g/mol. The Hall–Kier alpha value is -2.00. The highest BCUT2D eigenvalue weighted by Crippen LogP contribution is 1.94. The molecular formula is C10H13NO4. The van der Waals surface area contributed by atoms with Gasteiger partial charge in [0, 0.05) is 6.42 Å². The third-order valence-corrected chi connectivity index (χ3v) is 1.42. The molecule has 0 aromatic carbocycles. The van der Waals surface area contributed by atoms with E-state index in [1.54, 1.807) is 0 Å². The predicted octanol–water partition coefficient (Wildman–Crippen LogP) is 1.08. The first kappa shape index (κ1) is 13.0. The lowest BCUT2D eigenvalue weighted by atomic mass is 10.2. The molecule has 2 N–H and O–H groups in total. The van der Waals surface area contributed by atoms with E-state index in [0.717, 1.165) is 0 Å². The van der Waals surface area contributed by atoms with Crippen LogP contribution in [-0.2, 0) is 9.53 Å². The lowest BCUT2D eigenvalue weighted by molar-refractivity contribution is -0.139. The monoisotopic (exact) mass is 211 g/mol. The van der Waals surface area contributed by atoms with Crippen molar-refractivity contribution in [1.82, 2.24) is 5.32 Å². The number of carbonyl (C=O) groups is 2. The summed E-state index contributed by atoms with van der Waals surface area (Å²) >= 11 is 0. The summed E-state index contributed by atoms with van der Waals surface area (Å²) < 4.78 is 4.57. The van der Waals surface area contributed by atoms with Crippen LogP contribution >= 0.6 is 0 Å². The molecule has 0 aliphatic heterocycles. The number of hydrogen-bond donors (Lipinski definition) is 2. The maximum atomic E-state index is 11.0. The van der Waals surface area contributed by atoms with Crippen LogP contribution in [0.3, 0.4) is 0 Å². The zero-order chi connectivity index (χ0) is 11.7. The number of carboxylic acid groups (broad SMARTS) is 1. The lowest BCUT2D eigenvalue weighted by Gasteiger charge is -2.11. The van der Waals surface area contributed by atoms with Gasteiger partial charge >= 0.3 is 12.1 Å². The normalized spacial score (nSPS) is 10.7. The molecule has 5 nitrogen and oxygen atoms in total. The van der Waals surface area contributed by atoms with Gasteiger partial charge in [-0.05, 0) is 6.08 Å². The van der Waals surface area contributed by atoms with Crippen molar-refractivity contribution in [3.8, 4) is 0 Å². The zero-order valence-corrected chi connectivity index (χ0v) is 8.23. The molecule has 1 atom stereocenters. The molecule has 82 valence electrons. The molecule has 0 radical (unpaired) electrons. The fraction of sp³-hybridized carbons (Fsp3) is 0.300. The summed E-state index contributed by atoms with van der Waals surface area (Å²) in [7, 11) is 0. The van der Waals surface area contributed by atoms with Crippen molar-refractivity contribution < 1.29 is 19.4 Å². The highest BCUT2D eigenvalue weighted by molar-refractivity contribution is 5.80. The molecule has 1 unspecified atom stereocenters. The lowest BCUT2D eigenvalue weighted by Crippen LogP contribution is -2.40. The van der Waals surface area contributed by atoms with Crippen LogP contribution < -0.4 is 5.32 Å². The Morgan fingerprint density at radius 1 is 1.60 bits per heavy atom. The second-order valence-electron chi connectivity index (χ2n) is 2.57. The summed E-state index contributed by atoms with van der Waals surface area (Å²) in [5.74, 6) is -1.14. The summed E-state index contributed by atoms with van der Waals surface area (Å²) in [5.41, 5.74) is 2.42. The van der Waals surface area contributed by atoms with E-state index in [1.807, 2.05) is 0 Å². The number of nitrogens with one attached hydrogen (secondary N) is 1. The molecule has 0 aliphatic carbocycles. The van der Waals surface area contributed by atoms with Crippen LogP contribution in [0.1, 0.15) is 6.42 Å². The molecule has 0 heterocycles. The molecule has 15 heavy (non-hydrogen) atoms. The Balaban J connectivity index is 4.15. The Bertz CT molecular complexity index is 292. The maximum Gasteiger partial charge on any atom is 0.408 e. The van der Waals surface area contributed by atoms with Crippen molar-refractivity contribution in [2.24, 2.45) is 0 Å². The first-order valence-corrected chi connectivity index (χ1v) is 4.23. The van der Waals surface area contributed by atoms with Gasteiger partial charge in [-0.25, -0.2) is 9.59 Å². The van der Waals surface area contributed by atoms with E-state index < -0.39 is 18.1 Å². The summed E-state index contributed by atoms with van der Waals surface area (Å²) in [5, 5.41) is 10.9. The number of hydrogen-bond acceptors (Lipinski definition) is 3. The quantitative estimate of drug-likeness (QED) is 0.509. The fourth-order valence-corrected chi connectivity index (χ4v) is 0.741. The van der Waals surface area contributed by atoms with Gasteiger partial charge in [0.05, 0.1) is 0 Å². The summed E-state index contributed by atoms with van der Waals surface area (Å²) in [6.45, 7) is 6.68. The van der Waals surface area contributed by atoms with Gasteiger partial charge in [0.15, 0.2) is 0 Å². The molecule has 0 aromatic heterocycles. The number of rotatable bonds is 6. The molecule has 0 aliphatic rings. The zero-order valence-electron chi connectivity index (χ0n) is 8.23. The van der Waals surface area contributed by atoms with Crippen LogP contribution in [0.4, 0.5) is 4.79 Å². The Morgan fingerprint density at radius 2 is 2.27 bits per heavy atom. The van der Waals surface area contributed by atoms with Gasteiger partial charge in [0.2, 0.25) is 0 Å². The van der Waals surface area contributed by atoms with Gasteiger partial charge < -0.3 is 15.2 Å². The van der Waals surface area contributed by atoms with Crippen molar-refractivity contribution in [3.05, 3.63) is 31.0 Å². The summed E-state index contributed by atoms with van der Waals surface area (Å²) in [6.07, 6.45) is 2.13. The Kier molecular flexibility index (Phi) is 6.42. The SMILES string of the molecule is C=C=CCC(NC(=O)OCC=C)C(=O)O. The van der Waals surface area contributed by atoms with Crippen LogP contribution in [-0.4, -0.2) is 29.8 Å². The first-order valence-electron chi connectivity index (χ1n) is 4.23. The summed E-state index contributed by atoms with van der Waals surface area (Å²) in [6, 6.07) is -1.03.